The van der Waals surface area contributed by atoms with Gasteiger partial charge in [0.05, 0.1) is 0 Å². The Hall–Kier alpha value is -2.56. The van der Waals surface area contributed by atoms with Crippen LogP contribution in [0, 0.1) is 20.8 Å². The molecule has 0 saturated heterocycles. The molecule has 2 unspecified atom stereocenters. The first kappa shape index (κ1) is 19.8. The Kier molecular flexibility index (Phi) is 6.24. The number of rotatable bonds is 6. The molecule has 0 radical (unpaired) electrons. The summed E-state index contributed by atoms with van der Waals surface area (Å²) in [7, 11) is 0. The topological polar surface area (TPSA) is 68.5 Å². The van der Waals surface area contributed by atoms with Crippen molar-refractivity contribution in [3.63, 3.8) is 0 Å². The number of aryl methyl sites for hydroxylation is 2. The first-order valence-corrected chi connectivity index (χ1v) is 8.93. The van der Waals surface area contributed by atoms with E-state index in [1.165, 1.54) is 0 Å². The van der Waals surface area contributed by atoms with E-state index in [0.29, 0.717) is 23.0 Å². The minimum Gasteiger partial charge on any atom is -0.465 e. The second kappa shape index (κ2) is 8.21. The molecule has 2 atom stereocenters. The van der Waals surface area contributed by atoms with E-state index in [1.807, 2.05) is 24.3 Å². The number of furan rings is 1. The molecule has 0 fully saturated rings. The van der Waals surface area contributed by atoms with Crippen LogP contribution in [0.4, 0.5) is 5.69 Å². The summed E-state index contributed by atoms with van der Waals surface area (Å²) >= 11 is 0. The van der Waals surface area contributed by atoms with Gasteiger partial charge in [0, 0.05) is 11.3 Å². The Bertz CT molecular complexity index is 806. The Morgan fingerprint density at radius 2 is 1.77 bits per heavy atom. The van der Waals surface area contributed by atoms with Gasteiger partial charge in [-0.15, -0.1) is 0 Å². The van der Waals surface area contributed by atoms with Gasteiger partial charge in [0.1, 0.15) is 17.1 Å². The van der Waals surface area contributed by atoms with Crippen LogP contribution >= 0.6 is 0 Å². The van der Waals surface area contributed by atoms with Crippen molar-refractivity contribution in [3.8, 4) is 0 Å². The first-order chi connectivity index (χ1) is 12.3. The molecular weight excluding hydrogens is 330 g/mol. The van der Waals surface area contributed by atoms with Crippen molar-refractivity contribution in [2.24, 2.45) is 0 Å². The normalized spacial score (nSPS) is 13.2. The highest BCUT2D eigenvalue weighted by Gasteiger charge is 2.25. The number of benzene rings is 1. The number of hydrogen-bond acceptors (Lipinski definition) is 4. The van der Waals surface area contributed by atoms with Crippen molar-refractivity contribution in [2.45, 2.75) is 60.0 Å². The lowest BCUT2D eigenvalue weighted by molar-refractivity contribution is -0.123. The molecule has 0 aliphatic heterocycles. The largest absolute Gasteiger partial charge is 0.465 e. The molecule has 0 aliphatic carbocycles. The highest BCUT2D eigenvalue weighted by molar-refractivity contribution is 5.98. The summed E-state index contributed by atoms with van der Waals surface area (Å²) in [4.78, 5) is 24.9. The molecular formula is C21H27NO4. The number of nitrogens with one attached hydrogen (secondary N) is 1. The maximum Gasteiger partial charge on any atom is 0.342 e. The quantitative estimate of drug-likeness (QED) is 0.746. The second-order valence-electron chi connectivity index (χ2n) is 6.65. The maximum atomic E-state index is 12.5. The van der Waals surface area contributed by atoms with E-state index in [9.17, 15) is 9.59 Å². The Morgan fingerprint density at radius 1 is 1.12 bits per heavy atom. The molecule has 5 nitrogen and oxygen atoms in total. The van der Waals surface area contributed by atoms with E-state index in [2.05, 4.69) is 19.2 Å². The van der Waals surface area contributed by atoms with Crippen LogP contribution in [0.1, 0.15) is 66.1 Å². The lowest BCUT2D eigenvalue weighted by Crippen LogP contribution is -2.30. The monoisotopic (exact) mass is 357 g/mol. The zero-order valence-electron chi connectivity index (χ0n) is 16.3. The fourth-order valence-electron chi connectivity index (χ4n) is 2.86. The predicted octanol–water partition coefficient (Wildman–Crippen LogP) is 4.90. The summed E-state index contributed by atoms with van der Waals surface area (Å²) < 4.78 is 10.8. The van der Waals surface area contributed by atoms with Gasteiger partial charge in [-0.2, -0.15) is 0 Å². The lowest BCUT2D eigenvalue weighted by Gasteiger charge is -2.18. The summed E-state index contributed by atoms with van der Waals surface area (Å²) in [6.45, 7) is 11.1. The standard InChI is InChI=1S/C21H27NO4/c1-7-12(2)17-10-8-9-11-18(17)22-20(23)16(6)26-21(24)19-13(3)14(4)25-15(19)5/h8-12,16H,7H2,1-6H3,(H,22,23). The number of anilines is 1. The fraction of sp³-hybridized carbons (Fsp3) is 0.429. The molecule has 1 amide bonds. The van der Waals surface area contributed by atoms with Gasteiger partial charge < -0.3 is 14.5 Å². The van der Waals surface area contributed by atoms with Crippen LogP contribution in [0.2, 0.25) is 0 Å². The van der Waals surface area contributed by atoms with Crippen LogP contribution in [0.5, 0.6) is 0 Å². The molecule has 0 spiro atoms. The zero-order valence-corrected chi connectivity index (χ0v) is 16.3. The summed E-state index contributed by atoms with van der Waals surface area (Å²) in [5, 5.41) is 2.88. The first-order valence-electron chi connectivity index (χ1n) is 8.93. The minimum atomic E-state index is -0.915. The van der Waals surface area contributed by atoms with Gasteiger partial charge in [0.2, 0.25) is 0 Å². The molecule has 26 heavy (non-hydrogen) atoms. The Labute approximate surface area is 154 Å². The number of carbonyl (C=O) groups excluding carboxylic acids is 2. The Morgan fingerprint density at radius 3 is 2.35 bits per heavy atom. The third kappa shape index (κ3) is 4.15. The van der Waals surface area contributed by atoms with Gasteiger partial charge in [-0.05, 0) is 51.7 Å². The van der Waals surface area contributed by atoms with Gasteiger partial charge in [0.25, 0.3) is 5.91 Å². The van der Waals surface area contributed by atoms with Gasteiger partial charge >= 0.3 is 5.97 Å². The number of carbonyl (C=O) groups is 2. The van der Waals surface area contributed by atoms with Crippen molar-refractivity contribution < 1.29 is 18.7 Å². The highest BCUT2D eigenvalue weighted by atomic mass is 16.5. The van der Waals surface area contributed by atoms with Crippen LogP contribution in [-0.4, -0.2) is 18.0 Å². The molecule has 0 saturated carbocycles. The van der Waals surface area contributed by atoms with E-state index >= 15 is 0 Å². The molecule has 0 bridgehead atoms. The molecule has 1 aromatic heterocycles. The van der Waals surface area contributed by atoms with Gasteiger partial charge in [-0.1, -0.05) is 32.0 Å². The van der Waals surface area contributed by atoms with Crippen molar-refractivity contribution in [3.05, 3.63) is 52.5 Å². The summed E-state index contributed by atoms with van der Waals surface area (Å²) in [5.41, 5.74) is 2.95. The summed E-state index contributed by atoms with van der Waals surface area (Å²) in [5.74, 6) is 0.594. The van der Waals surface area contributed by atoms with E-state index < -0.39 is 12.1 Å². The average Bonchev–Trinajstić information content (AvgIpc) is 2.86. The van der Waals surface area contributed by atoms with E-state index in [-0.39, 0.29) is 5.91 Å². The van der Waals surface area contributed by atoms with E-state index in [0.717, 1.165) is 23.2 Å². The average molecular weight is 357 g/mol. The van der Waals surface area contributed by atoms with Crippen LogP contribution < -0.4 is 5.32 Å². The minimum absolute atomic E-state index is 0.323. The van der Waals surface area contributed by atoms with Crippen molar-refractivity contribution in [1.82, 2.24) is 0 Å². The van der Waals surface area contributed by atoms with Crippen molar-refractivity contribution >= 4 is 17.6 Å². The molecule has 140 valence electrons. The number of esters is 1. The number of amides is 1. The molecule has 2 aromatic rings. The molecule has 0 aliphatic rings. The maximum absolute atomic E-state index is 12.5. The van der Waals surface area contributed by atoms with Crippen molar-refractivity contribution in [1.29, 1.82) is 0 Å². The fourth-order valence-corrected chi connectivity index (χ4v) is 2.86. The number of para-hydroxylation sites is 1. The summed E-state index contributed by atoms with van der Waals surface area (Å²) in [6.07, 6.45) is 0.0528. The highest BCUT2D eigenvalue weighted by Crippen LogP contribution is 2.27. The van der Waals surface area contributed by atoms with Crippen LogP contribution in [0.3, 0.4) is 0 Å². The molecule has 1 N–H and O–H groups in total. The van der Waals surface area contributed by atoms with Crippen LogP contribution in [0.15, 0.2) is 28.7 Å². The van der Waals surface area contributed by atoms with E-state index in [1.54, 1.807) is 27.7 Å². The van der Waals surface area contributed by atoms with Crippen molar-refractivity contribution in [2.75, 3.05) is 5.32 Å². The van der Waals surface area contributed by atoms with Crippen LogP contribution in [0.25, 0.3) is 0 Å². The van der Waals surface area contributed by atoms with Gasteiger partial charge in [-0.3, -0.25) is 4.79 Å². The van der Waals surface area contributed by atoms with Crippen LogP contribution in [-0.2, 0) is 9.53 Å². The smallest absolute Gasteiger partial charge is 0.342 e. The molecule has 1 heterocycles. The third-order valence-electron chi connectivity index (χ3n) is 4.78. The lowest BCUT2D eigenvalue weighted by atomic mass is 9.97. The SMILES string of the molecule is CCC(C)c1ccccc1NC(=O)C(C)OC(=O)c1c(C)oc(C)c1C. The Balaban J connectivity index is 2.10. The summed E-state index contributed by atoms with van der Waals surface area (Å²) in [6, 6.07) is 7.69. The van der Waals surface area contributed by atoms with E-state index in [4.69, 9.17) is 9.15 Å². The predicted molar refractivity (Wildman–Crippen MR) is 102 cm³/mol. The third-order valence-corrected chi connectivity index (χ3v) is 4.78. The molecule has 2 rings (SSSR count). The second-order valence-corrected chi connectivity index (χ2v) is 6.65. The number of ether oxygens (including phenoxy) is 1. The molecule has 1 aromatic carbocycles. The van der Waals surface area contributed by atoms with Gasteiger partial charge in [-0.25, -0.2) is 4.79 Å². The number of hydrogen-bond donors (Lipinski definition) is 1. The zero-order chi connectivity index (χ0) is 19.4. The van der Waals surface area contributed by atoms with Gasteiger partial charge in [0.15, 0.2) is 6.10 Å². The molecule has 5 heteroatoms.